The first-order valence-electron chi connectivity index (χ1n) is 6.62. The van der Waals surface area contributed by atoms with Crippen LogP contribution in [0.3, 0.4) is 0 Å². The van der Waals surface area contributed by atoms with Gasteiger partial charge < -0.3 is 10.8 Å². The fraction of sp³-hybridized carbons (Fsp3) is 0.917. The van der Waals surface area contributed by atoms with E-state index in [0.29, 0.717) is 12.8 Å². The number of alkyl halides is 3. The van der Waals surface area contributed by atoms with Crippen molar-refractivity contribution in [3.05, 3.63) is 0 Å². The van der Waals surface area contributed by atoms with Crippen LogP contribution in [0.15, 0.2) is 0 Å². The number of carbonyl (C=O) groups is 1. The van der Waals surface area contributed by atoms with E-state index in [1.807, 2.05) is 0 Å². The van der Waals surface area contributed by atoms with Gasteiger partial charge in [0.25, 0.3) is 0 Å². The Hall–Kier alpha value is -0.630. The average Bonchev–Trinajstić information content (AvgIpc) is 2.26. The summed E-state index contributed by atoms with van der Waals surface area (Å²) in [5.74, 6) is -2.93. The van der Waals surface area contributed by atoms with Gasteiger partial charge in [-0.2, -0.15) is 13.2 Å². The lowest BCUT2D eigenvalue weighted by Crippen LogP contribution is -2.35. The maximum Gasteiger partial charge on any atom is 0.392 e. The molecule has 0 aliphatic heterocycles. The third-order valence-corrected chi connectivity index (χ3v) is 5.15. The van der Waals surface area contributed by atoms with Crippen molar-refractivity contribution in [3.8, 4) is 0 Å². The van der Waals surface area contributed by atoms with Crippen LogP contribution >= 0.6 is 0 Å². The molecule has 3 atom stereocenters. The molecule has 0 bridgehead atoms. The van der Waals surface area contributed by atoms with Gasteiger partial charge in [0.1, 0.15) is 6.04 Å². The highest BCUT2D eigenvalue weighted by Gasteiger charge is 2.45. The predicted molar refractivity (Wildman–Crippen MR) is 69.6 cm³/mol. The first-order valence-corrected chi connectivity index (χ1v) is 8.10. The van der Waals surface area contributed by atoms with Gasteiger partial charge >= 0.3 is 12.1 Å². The van der Waals surface area contributed by atoms with Crippen LogP contribution in [0.4, 0.5) is 13.2 Å². The van der Waals surface area contributed by atoms with Crippen molar-refractivity contribution < 1.29 is 27.3 Å². The van der Waals surface area contributed by atoms with E-state index in [1.54, 1.807) is 0 Å². The van der Waals surface area contributed by atoms with Crippen molar-refractivity contribution in [2.24, 2.45) is 17.6 Å². The topological polar surface area (TPSA) is 80.4 Å². The lowest BCUT2D eigenvalue weighted by atomic mass is 9.74. The predicted octanol–water partition coefficient (Wildman–Crippen LogP) is 1.91. The van der Waals surface area contributed by atoms with Gasteiger partial charge in [-0.1, -0.05) is 6.42 Å². The highest BCUT2D eigenvalue weighted by molar-refractivity contribution is 7.84. The molecule has 1 saturated carbocycles. The smallest absolute Gasteiger partial charge is 0.392 e. The van der Waals surface area contributed by atoms with E-state index in [0.717, 1.165) is 6.42 Å². The van der Waals surface area contributed by atoms with Gasteiger partial charge in [0.05, 0.1) is 5.92 Å². The molecule has 0 aromatic heterocycles. The van der Waals surface area contributed by atoms with Crippen LogP contribution in [0.1, 0.15) is 32.1 Å². The molecule has 20 heavy (non-hydrogen) atoms. The molecular weight excluding hydrogens is 295 g/mol. The van der Waals surface area contributed by atoms with Crippen LogP contribution in [-0.2, 0) is 15.6 Å². The number of hydrogen-bond acceptors (Lipinski definition) is 3. The first kappa shape index (κ1) is 17.4. The van der Waals surface area contributed by atoms with Crippen molar-refractivity contribution >= 4 is 16.8 Å². The van der Waals surface area contributed by atoms with Gasteiger partial charge in [0, 0.05) is 22.3 Å². The molecule has 3 N–H and O–H groups in total. The summed E-state index contributed by atoms with van der Waals surface area (Å²) < 4.78 is 50.2. The maximum atomic E-state index is 12.9. The third kappa shape index (κ3) is 5.40. The van der Waals surface area contributed by atoms with Crippen LogP contribution < -0.4 is 5.73 Å². The number of aliphatic carboxylic acids is 1. The van der Waals surface area contributed by atoms with Gasteiger partial charge in [-0.25, -0.2) is 0 Å². The normalized spacial score (nSPS) is 21.0. The number of carboxylic acid groups (broad SMARTS) is 1. The number of rotatable bonds is 8. The lowest BCUT2D eigenvalue weighted by Gasteiger charge is -2.35. The fourth-order valence-corrected chi connectivity index (χ4v) is 3.49. The van der Waals surface area contributed by atoms with Gasteiger partial charge in [-0.15, -0.1) is 0 Å². The number of carboxylic acids is 1. The molecule has 1 aliphatic rings. The zero-order valence-electron chi connectivity index (χ0n) is 11.1. The Labute approximate surface area is 118 Å². The third-order valence-electron chi connectivity index (χ3n) is 3.77. The van der Waals surface area contributed by atoms with Crippen LogP contribution in [0.25, 0.3) is 0 Å². The summed E-state index contributed by atoms with van der Waals surface area (Å²) in [5, 5.41) is 8.56. The van der Waals surface area contributed by atoms with E-state index < -0.39 is 34.9 Å². The van der Waals surface area contributed by atoms with E-state index in [4.69, 9.17) is 10.8 Å². The molecule has 0 spiro atoms. The summed E-state index contributed by atoms with van der Waals surface area (Å²) in [7, 11) is -1.45. The van der Waals surface area contributed by atoms with Crippen molar-refractivity contribution in [2.45, 2.75) is 44.3 Å². The molecule has 4 nitrogen and oxygen atoms in total. The quantitative estimate of drug-likeness (QED) is 0.717. The van der Waals surface area contributed by atoms with E-state index in [1.165, 1.54) is 0 Å². The van der Waals surface area contributed by atoms with Crippen molar-refractivity contribution in [3.63, 3.8) is 0 Å². The summed E-state index contributed by atoms with van der Waals surface area (Å²) in [5.41, 5.74) is 5.25. The zero-order chi connectivity index (χ0) is 15.3. The minimum absolute atomic E-state index is 0.0159. The molecule has 8 heteroatoms. The van der Waals surface area contributed by atoms with Gasteiger partial charge in [0.15, 0.2) is 0 Å². The summed E-state index contributed by atoms with van der Waals surface area (Å²) in [4.78, 5) is 10.5. The lowest BCUT2D eigenvalue weighted by molar-refractivity contribution is -0.196. The molecule has 1 rings (SSSR count). The summed E-state index contributed by atoms with van der Waals surface area (Å²) >= 11 is 0. The Kier molecular flexibility index (Phi) is 6.44. The number of nitrogens with two attached hydrogens (primary N) is 1. The second-order valence-electron chi connectivity index (χ2n) is 5.21. The Morgan fingerprint density at radius 2 is 1.85 bits per heavy atom. The Bertz CT molecular complexity index is 358. The Balaban J connectivity index is 2.35. The van der Waals surface area contributed by atoms with Crippen LogP contribution in [-0.4, -0.2) is 39.0 Å². The molecule has 0 radical (unpaired) electrons. The SMILES string of the molecule is N[C@@H](CCS(=O)CCC(C1CCC1)C(F)(F)F)C(=O)O. The minimum Gasteiger partial charge on any atom is -0.480 e. The maximum absolute atomic E-state index is 12.9. The van der Waals surface area contributed by atoms with Crippen molar-refractivity contribution in [1.82, 2.24) is 0 Å². The minimum atomic E-state index is -4.24. The molecule has 1 fully saturated rings. The van der Waals surface area contributed by atoms with Crippen LogP contribution in [0.2, 0.25) is 0 Å². The first-order chi connectivity index (χ1) is 9.21. The second kappa shape index (κ2) is 7.40. The zero-order valence-corrected chi connectivity index (χ0v) is 11.9. The summed E-state index contributed by atoms with van der Waals surface area (Å²) in [6.07, 6.45) is -2.38. The molecule has 0 saturated heterocycles. The molecule has 0 aromatic carbocycles. The molecule has 0 amide bonds. The molecular formula is C12H20F3NO3S. The van der Waals surface area contributed by atoms with E-state index >= 15 is 0 Å². The van der Waals surface area contributed by atoms with Gasteiger partial charge in [-0.3, -0.25) is 9.00 Å². The summed E-state index contributed by atoms with van der Waals surface area (Å²) in [6, 6.07) is -1.11. The fourth-order valence-electron chi connectivity index (χ4n) is 2.25. The van der Waals surface area contributed by atoms with Gasteiger partial charge in [0.2, 0.25) is 0 Å². The van der Waals surface area contributed by atoms with E-state index in [2.05, 4.69) is 0 Å². The Morgan fingerprint density at radius 1 is 1.30 bits per heavy atom. The highest BCUT2D eigenvalue weighted by Crippen LogP contribution is 2.44. The summed E-state index contributed by atoms with van der Waals surface area (Å²) in [6.45, 7) is 0. The average molecular weight is 315 g/mol. The largest absolute Gasteiger partial charge is 0.480 e. The van der Waals surface area contributed by atoms with Crippen LogP contribution in [0.5, 0.6) is 0 Å². The van der Waals surface area contributed by atoms with E-state index in [9.17, 15) is 22.2 Å². The number of halogens is 3. The van der Waals surface area contributed by atoms with Crippen molar-refractivity contribution in [2.75, 3.05) is 11.5 Å². The molecule has 1 aliphatic carbocycles. The highest BCUT2D eigenvalue weighted by atomic mass is 32.2. The number of hydrogen-bond donors (Lipinski definition) is 2. The van der Waals surface area contributed by atoms with Crippen LogP contribution in [0, 0.1) is 11.8 Å². The molecule has 0 aromatic rings. The monoisotopic (exact) mass is 315 g/mol. The second-order valence-corrected chi connectivity index (χ2v) is 6.91. The Morgan fingerprint density at radius 3 is 2.25 bits per heavy atom. The molecule has 2 unspecified atom stereocenters. The standard InChI is InChI=1S/C12H20F3NO3S/c13-12(14,15)9(8-2-1-3-8)4-6-20(19)7-5-10(16)11(17)18/h8-10H,1-7,16H2,(H,17,18)/t9?,10-,20?/m0/s1. The molecule has 0 heterocycles. The van der Waals surface area contributed by atoms with E-state index in [-0.39, 0.29) is 30.3 Å². The van der Waals surface area contributed by atoms with Crippen molar-refractivity contribution in [1.29, 1.82) is 0 Å². The molecule has 118 valence electrons. The van der Waals surface area contributed by atoms with Gasteiger partial charge in [-0.05, 0) is 31.6 Å².